The maximum Gasteiger partial charge on any atom is 0.406 e. The molecule has 10 heteroatoms. The van der Waals surface area contributed by atoms with Crippen LogP contribution in [0.25, 0.3) is 0 Å². The molecule has 6 nitrogen and oxygen atoms in total. The van der Waals surface area contributed by atoms with Gasteiger partial charge in [-0.2, -0.15) is 13.2 Å². The Bertz CT molecular complexity index is 926. The average Bonchev–Trinajstić information content (AvgIpc) is 3.40. The van der Waals surface area contributed by atoms with E-state index < -0.39 is 12.7 Å². The summed E-state index contributed by atoms with van der Waals surface area (Å²) in [6.07, 6.45) is 1.36. The first-order valence-corrected chi connectivity index (χ1v) is 11.3. The number of carbonyl (C=O) groups excluding carboxylic acids is 1. The van der Waals surface area contributed by atoms with Crippen LogP contribution < -0.4 is 4.90 Å². The molecular weight excluding hydrogens is 415 g/mol. The highest BCUT2D eigenvalue weighted by atomic mass is 32.2. The van der Waals surface area contributed by atoms with Crippen molar-refractivity contribution in [3.8, 4) is 0 Å². The van der Waals surface area contributed by atoms with E-state index >= 15 is 0 Å². The van der Waals surface area contributed by atoms with Crippen molar-refractivity contribution in [2.24, 2.45) is 0 Å². The van der Waals surface area contributed by atoms with E-state index in [0.29, 0.717) is 23.0 Å². The van der Waals surface area contributed by atoms with Gasteiger partial charge >= 0.3 is 6.18 Å². The molecule has 164 valence electrons. The summed E-state index contributed by atoms with van der Waals surface area (Å²) >= 11 is 1.32. The Morgan fingerprint density at radius 3 is 2.50 bits per heavy atom. The van der Waals surface area contributed by atoms with Gasteiger partial charge < -0.3 is 9.47 Å². The Balaban J connectivity index is 1.48. The van der Waals surface area contributed by atoms with Gasteiger partial charge in [0, 0.05) is 36.1 Å². The Morgan fingerprint density at radius 1 is 1.17 bits per heavy atom. The Hall–Kier alpha value is -1.97. The molecule has 0 aromatic carbocycles. The van der Waals surface area contributed by atoms with E-state index in [9.17, 15) is 18.0 Å². The lowest BCUT2D eigenvalue weighted by atomic mass is 10.1. The van der Waals surface area contributed by atoms with Gasteiger partial charge in [-0.15, -0.1) is 10.2 Å². The number of Topliss-reactive ketones (excluding diaryl/α,β-unsaturated/α-hetero) is 1. The number of piperidine rings is 1. The van der Waals surface area contributed by atoms with E-state index in [2.05, 4.69) is 19.7 Å². The number of rotatable bonds is 7. The number of hydrogen-bond acceptors (Lipinski definition) is 5. The number of nitrogens with zero attached hydrogens (tertiary/aromatic N) is 5. The predicted octanol–water partition coefficient (Wildman–Crippen LogP) is 4.56. The number of halogens is 3. The van der Waals surface area contributed by atoms with E-state index in [1.54, 1.807) is 19.9 Å². The van der Waals surface area contributed by atoms with Gasteiger partial charge in [0.2, 0.25) is 5.95 Å². The van der Waals surface area contributed by atoms with Crippen LogP contribution in [-0.2, 0) is 6.54 Å². The smallest absolute Gasteiger partial charge is 0.341 e. The summed E-state index contributed by atoms with van der Waals surface area (Å²) in [5, 5.41) is 9.46. The van der Waals surface area contributed by atoms with E-state index in [1.807, 2.05) is 0 Å². The fraction of sp³-hybridized carbons (Fsp3) is 0.650. The van der Waals surface area contributed by atoms with Crippen molar-refractivity contribution in [1.29, 1.82) is 0 Å². The molecule has 0 amide bonds. The van der Waals surface area contributed by atoms with Crippen LogP contribution in [0, 0.1) is 13.8 Å². The molecule has 0 radical (unpaired) electrons. The topological polar surface area (TPSA) is 56.0 Å². The molecular formula is C20H26F3N5OS. The molecule has 0 spiro atoms. The number of aromatic nitrogens is 4. The number of anilines is 1. The molecule has 0 unspecified atom stereocenters. The van der Waals surface area contributed by atoms with Crippen LogP contribution in [0.15, 0.2) is 11.2 Å². The molecule has 2 aromatic rings. The zero-order valence-corrected chi connectivity index (χ0v) is 18.0. The van der Waals surface area contributed by atoms with Crippen LogP contribution in [0.3, 0.4) is 0 Å². The van der Waals surface area contributed by atoms with Gasteiger partial charge in [-0.1, -0.05) is 11.8 Å². The van der Waals surface area contributed by atoms with Crippen LogP contribution in [0.2, 0.25) is 0 Å². The first-order valence-electron chi connectivity index (χ1n) is 10.3. The highest BCUT2D eigenvalue weighted by Gasteiger charge is 2.33. The number of carbonyl (C=O) groups is 1. The van der Waals surface area contributed by atoms with Crippen LogP contribution in [0.1, 0.15) is 59.9 Å². The molecule has 1 aliphatic carbocycles. The van der Waals surface area contributed by atoms with E-state index in [1.165, 1.54) is 18.2 Å². The Kier molecular flexibility index (Phi) is 5.87. The SMILES string of the molecule is Cc1cc(C(=O)CSc2nnc(N3CCCCC3)n2C2CC2)c(C)n1CC(F)(F)F. The van der Waals surface area contributed by atoms with Crippen molar-refractivity contribution in [1.82, 2.24) is 19.3 Å². The van der Waals surface area contributed by atoms with Gasteiger partial charge in [-0.05, 0) is 52.0 Å². The quantitative estimate of drug-likeness (QED) is 0.466. The third kappa shape index (κ3) is 4.53. The summed E-state index contributed by atoms with van der Waals surface area (Å²) in [7, 11) is 0. The van der Waals surface area contributed by atoms with Gasteiger partial charge in [0.1, 0.15) is 6.54 Å². The second-order valence-corrected chi connectivity index (χ2v) is 9.07. The van der Waals surface area contributed by atoms with E-state index in [0.717, 1.165) is 54.4 Å². The van der Waals surface area contributed by atoms with Gasteiger partial charge in [0.05, 0.1) is 5.75 Å². The van der Waals surface area contributed by atoms with Crippen LogP contribution in [-0.4, -0.2) is 50.1 Å². The highest BCUT2D eigenvalue weighted by molar-refractivity contribution is 7.99. The standard InChI is InChI=1S/C20H26F3N5OS/c1-13-10-16(14(2)27(13)12-20(21,22)23)17(29)11-30-19-25-24-18(28(19)15-6-7-15)26-8-4-3-5-9-26/h10,15H,3-9,11-12H2,1-2H3. The first kappa shape index (κ1) is 21.3. The summed E-state index contributed by atoms with van der Waals surface area (Å²) in [5.41, 5.74) is 1.14. The van der Waals surface area contributed by atoms with Crippen molar-refractivity contribution in [3.05, 3.63) is 23.0 Å². The van der Waals surface area contributed by atoms with E-state index in [4.69, 9.17) is 0 Å². The molecule has 3 heterocycles. The number of aryl methyl sites for hydroxylation is 1. The van der Waals surface area contributed by atoms with Crippen molar-refractivity contribution >= 4 is 23.5 Å². The molecule has 2 aliphatic rings. The van der Waals surface area contributed by atoms with E-state index in [-0.39, 0.29) is 11.5 Å². The molecule has 30 heavy (non-hydrogen) atoms. The van der Waals surface area contributed by atoms with Crippen LogP contribution in [0.4, 0.5) is 19.1 Å². The van der Waals surface area contributed by atoms with Crippen LogP contribution >= 0.6 is 11.8 Å². The molecule has 1 aliphatic heterocycles. The summed E-state index contributed by atoms with van der Waals surface area (Å²) in [6.45, 7) is 4.02. The molecule has 4 rings (SSSR count). The van der Waals surface area contributed by atoms with Gasteiger partial charge in [-0.3, -0.25) is 9.36 Å². The number of ketones is 1. The Labute approximate surface area is 177 Å². The number of thioether (sulfide) groups is 1. The largest absolute Gasteiger partial charge is 0.406 e. The third-order valence-corrected chi connectivity index (χ3v) is 6.68. The van der Waals surface area contributed by atoms with Crippen molar-refractivity contribution in [3.63, 3.8) is 0 Å². The zero-order chi connectivity index (χ0) is 21.5. The van der Waals surface area contributed by atoms with Gasteiger partial charge in [0.15, 0.2) is 10.9 Å². The maximum atomic E-state index is 12.8. The lowest BCUT2D eigenvalue weighted by Crippen LogP contribution is -2.31. The average molecular weight is 442 g/mol. The predicted molar refractivity (Wildman–Crippen MR) is 109 cm³/mol. The van der Waals surface area contributed by atoms with Gasteiger partial charge in [-0.25, -0.2) is 0 Å². The molecule has 2 fully saturated rings. The minimum Gasteiger partial charge on any atom is -0.341 e. The summed E-state index contributed by atoms with van der Waals surface area (Å²) in [5.74, 6) is 0.822. The van der Waals surface area contributed by atoms with Crippen LogP contribution in [0.5, 0.6) is 0 Å². The molecule has 0 bridgehead atoms. The second-order valence-electron chi connectivity index (χ2n) is 8.13. The Morgan fingerprint density at radius 2 is 1.87 bits per heavy atom. The van der Waals surface area contributed by atoms with Crippen molar-refractivity contribution < 1.29 is 18.0 Å². The fourth-order valence-electron chi connectivity index (χ4n) is 4.04. The lowest BCUT2D eigenvalue weighted by Gasteiger charge is -2.27. The summed E-state index contributed by atoms with van der Waals surface area (Å²) < 4.78 is 41.8. The molecule has 0 atom stereocenters. The zero-order valence-electron chi connectivity index (χ0n) is 17.2. The number of alkyl halides is 3. The molecule has 1 saturated carbocycles. The number of hydrogen-bond donors (Lipinski definition) is 0. The fourth-order valence-corrected chi connectivity index (χ4v) is 4.93. The first-order chi connectivity index (χ1) is 14.2. The monoisotopic (exact) mass is 441 g/mol. The van der Waals surface area contributed by atoms with Crippen molar-refractivity contribution in [2.75, 3.05) is 23.7 Å². The van der Waals surface area contributed by atoms with Gasteiger partial charge in [0.25, 0.3) is 0 Å². The normalized spacial score (nSPS) is 17.6. The highest BCUT2D eigenvalue weighted by Crippen LogP contribution is 2.41. The molecule has 2 aromatic heterocycles. The minimum absolute atomic E-state index is 0.126. The molecule has 0 N–H and O–H groups in total. The maximum absolute atomic E-state index is 12.8. The molecule has 1 saturated heterocycles. The van der Waals surface area contributed by atoms with Crippen molar-refractivity contribution in [2.45, 2.75) is 69.9 Å². The second kappa shape index (κ2) is 8.28. The summed E-state index contributed by atoms with van der Waals surface area (Å²) in [4.78, 5) is 15.1. The lowest BCUT2D eigenvalue weighted by molar-refractivity contribution is -0.141. The summed E-state index contributed by atoms with van der Waals surface area (Å²) in [6, 6.07) is 1.93. The minimum atomic E-state index is -4.32. The third-order valence-electron chi connectivity index (χ3n) is 5.74.